The molecule has 2 aromatic carbocycles. The molecule has 1 atom stereocenters. The second-order valence-electron chi connectivity index (χ2n) is 7.47. The van der Waals surface area contributed by atoms with E-state index in [-0.39, 0.29) is 10.8 Å². The lowest BCUT2D eigenvalue weighted by Gasteiger charge is -2.32. The van der Waals surface area contributed by atoms with E-state index in [1.165, 1.54) is 25.7 Å². The van der Waals surface area contributed by atoms with Crippen molar-refractivity contribution in [3.63, 3.8) is 0 Å². The van der Waals surface area contributed by atoms with Crippen LogP contribution in [0.15, 0.2) is 47.4 Å². The number of aryl methyl sites for hydroxylation is 1. The molecule has 2 aromatic rings. The van der Waals surface area contributed by atoms with Gasteiger partial charge in [-0.15, -0.1) is 0 Å². The average molecular weight is 432 g/mol. The van der Waals surface area contributed by atoms with Gasteiger partial charge in [0, 0.05) is 32.0 Å². The van der Waals surface area contributed by atoms with Gasteiger partial charge in [-0.25, -0.2) is 12.7 Å². The normalized spacial score (nSPS) is 14.9. The van der Waals surface area contributed by atoms with Crippen molar-refractivity contribution in [2.45, 2.75) is 37.6 Å². The van der Waals surface area contributed by atoms with Gasteiger partial charge in [-0.1, -0.05) is 18.2 Å². The SMILES string of the molecule is CCOc1ccc(N[C@H](C)C(=O)N2CCCc3ccccc32)cc1S(=O)(=O)N(C)C. The van der Waals surface area contributed by atoms with E-state index in [2.05, 4.69) is 11.4 Å². The number of carbonyl (C=O) groups excluding carboxylic acids is 1. The Morgan fingerprint density at radius 3 is 2.67 bits per heavy atom. The molecule has 0 unspecified atom stereocenters. The molecule has 0 fully saturated rings. The van der Waals surface area contributed by atoms with Crippen molar-refractivity contribution in [2.75, 3.05) is 37.5 Å². The molecule has 1 amide bonds. The van der Waals surface area contributed by atoms with Crippen LogP contribution >= 0.6 is 0 Å². The number of hydrogen-bond donors (Lipinski definition) is 1. The summed E-state index contributed by atoms with van der Waals surface area (Å²) in [5.41, 5.74) is 2.67. The van der Waals surface area contributed by atoms with Gasteiger partial charge in [0.2, 0.25) is 15.9 Å². The molecule has 7 nitrogen and oxygen atoms in total. The lowest BCUT2D eigenvalue weighted by Crippen LogP contribution is -2.44. The van der Waals surface area contributed by atoms with Crippen molar-refractivity contribution in [1.82, 2.24) is 4.31 Å². The number of fused-ring (bicyclic) bond motifs is 1. The third-order valence-corrected chi connectivity index (χ3v) is 6.97. The minimum atomic E-state index is -3.70. The first-order valence-electron chi connectivity index (χ1n) is 10.1. The van der Waals surface area contributed by atoms with E-state index in [9.17, 15) is 13.2 Å². The molecule has 0 aliphatic carbocycles. The molecule has 0 aromatic heterocycles. The zero-order valence-corrected chi connectivity index (χ0v) is 18.7. The average Bonchev–Trinajstić information content (AvgIpc) is 2.73. The van der Waals surface area contributed by atoms with Crippen molar-refractivity contribution < 1.29 is 17.9 Å². The summed E-state index contributed by atoms with van der Waals surface area (Å²) in [6, 6.07) is 12.3. The van der Waals surface area contributed by atoms with Crippen LogP contribution in [0.25, 0.3) is 0 Å². The lowest BCUT2D eigenvalue weighted by molar-refractivity contribution is -0.119. The maximum Gasteiger partial charge on any atom is 0.249 e. The van der Waals surface area contributed by atoms with Crippen LogP contribution in [0, 0.1) is 0 Å². The molecule has 1 aliphatic heterocycles. The Morgan fingerprint density at radius 1 is 1.23 bits per heavy atom. The van der Waals surface area contributed by atoms with Crippen molar-refractivity contribution >= 4 is 27.3 Å². The van der Waals surface area contributed by atoms with E-state index in [0.717, 1.165) is 22.8 Å². The molecular formula is C22H29N3O4S. The molecule has 0 saturated carbocycles. The van der Waals surface area contributed by atoms with Gasteiger partial charge in [0.25, 0.3) is 0 Å². The molecular weight excluding hydrogens is 402 g/mol. The molecule has 1 N–H and O–H groups in total. The van der Waals surface area contributed by atoms with Crippen LogP contribution in [-0.2, 0) is 21.2 Å². The second-order valence-corrected chi connectivity index (χ2v) is 9.59. The summed E-state index contributed by atoms with van der Waals surface area (Å²) in [5.74, 6) is 0.244. The number of hydrogen-bond acceptors (Lipinski definition) is 5. The van der Waals surface area contributed by atoms with Gasteiger partial charge in [-0.3, -0.25) is 4.79 Å². The number of sulfonamides is 1. The molecule has 8 heteroatoms. The summed E-state index contributed by atoms with van der Waals surface area (Å²) >= 11 is 0. The van der Waals surface area contributed by atoms with E-state index in [0.29, 0.717) is 24.6 Å². The number of anilines is 2. The van der Waals surface area contributed by atoms with Crippen molar-refractivity contribution in [2.24, 2.45) is 0 Å². The highest BCUT2D eigenvalue weighted by Crippen LogP contribution is 2.31. The zero-order valence-electron chi connectivity index (χ0n) is 17.9. The number of nitrogens with one attached hydrogen (secondary N) is 1. The van der Waals surface area contributed by atoms with Crippen molar-refractivity contribution in [1.29, 1.82) is 0 Å². The predicted molar refractivity (Wildman–Crippen MR) is 119 cm³/mol. The highest BCUT2D eigenvalue weighted by atomic mass is 32.2. The summed E-state index contributed by atoms with van der Waals surface area (Å²) in [6.07, 6.45) is 1.89. The van der Waals surface area contributed by atoms with E-state index >= 15 is 0 Å². The Kier molecular flexibility index (Phi) is 6.67. The molecule has 0 bridgehead atoms. The van der Waals surface area contributed by atoms with Gasteiger partial charge in [-0.2, -0.15) is 0 Å². The smallest absolute Gasteiger partial charge is 0.249 e. The maximum absolute atomic E-state index is 13.1. The van der Waals surface area contributed by atoms with Gasteiger partial charge >= 0.3 is 0 Å². The summed E-state index contributed by atoms with van der Waals surface area (Å²) < 4.78 is 32.1. The molecule has 0 radical (unpaired) electrons. The number of amides is 1. The summed E-state index contributed by atoms with van der Waals surface area (Å²) in [6.45, 7) is 4.61. The van der Waals surface area contributed by atoms with E-state index in [1.807, 2.05) is 23.1 Å². The van der Waals surface area contributed by atoms with Crippen LogP contribution in [-0.4, -0.2) is 51.9 Å². The fraction of sp³-hybridized carbons (Fsp3) is 0.409. The number of nitrogens with zero attached hydrogens (tertiary/aromatic N) is 2. The van der Waals surface area contributed by atoms with Crippen LogP contribution in [0.5, 0.6) is 5.75 Å². The lowest BCUT2D eigenvalue weighted by atomic mass is 10.0. The first-order valence-corrected chi connectivity index (χ1v) is 11.5. The minimum Gasteiger partial charge on any atom is -0.492 e. The summed E-state index contributed by atoms with van der Waals surface area (Å²) in [5, 5.41) is 3.16. The molecule has 0 saturated heterocycles. The van der Waals surface area contributed by atoms with Crippen LogP contribution in [0.2, 0.25) is 0 Å². The molecule has 3 rings (SSSR count). The van der Waals surface area contributed by atoms with Crippen LogP contribution in [0.3, 0.4) is 0 Å². The van der Waals surface area contributed by atoms with Crippen LogP contribution in [0.1, 0.15) is 25.8 Å². The first kappa shape index (κ1) is 22.1. The van der Waals surface area contributed by atoms with E-state index < -0.39 is 16.1 Å². The third kappa shape index (κ3) is 4.44. The number of ether oxygens (including phenoxy) is 1. The Bertz CT molecular complexity index is 1020. The Morgan fingerprint density at radius 2 is 1.97 bits per heavy atom. The standard InChI is InChI=1S/C22H29N3O4S/c1-5-29-20-13-12-18(15-21(20)30(27,28)24(3)4)23-16(2)22(26)25-14-8-10-17-9-6-7-11-19(17)25/h6-7,9,11-13,15-16,23H,5,8,10,14H2,1-4H3/t16-/m1/s1. The van der Waals surface area contributed by atoms with Gasteiger partial charge in [0.15, 0.2) is 0 Å². The fourth-order valence-corrected chi connectivity index (χ4v) is 4.63. The highest BCUT2D eigenvalue weighted by molar-refractivity contribution is 7.89. The Hall–Kier alpha value is -2.58. The van der Waals surface area contributed by atoms with Crippen molar-refractivity contribution in [3.8, 4) is 5.75 Å². The Balaban J connectivity index is 1.85. The summed E-state index contributed by atoms with van der Waals surface area (Å²) in [4.78, 5) is 15.0. The van der Waals surface area contributed by atoms with Crippen molar-refractivity contribution in [3.05, 3.63) is 48.0 Å². The van der Waals surface area contributed by atoms with Crippen LogP contribution in [0.4, 0.5) is 11.4 Å². The monoisotopic (exact) mass is 431 g/mol. The number of carbonyl (C=O) groups is 1. The quantitative estimate of drug-likeness (QED) is 0.729. The number of para-hydroxylation sites is 1. The topological polar surface area (TPSA) is 79.0 Å². The number of benzene rings is 2. The number of rotatable bonds is 7. The largest absolute Gasteiger partial charge is 0.492 e. The van der Waals surface area contributed by atoms with E-state index in [4.69, 9.17) is 4.74 Å². The molecule has 162 valence electrons. The first-order chi connectivity index (χ1) is 14.3. The van der Waals surface area contributed by atoms with Gasteiger partial charge in [0.05, 0.1) is 6.61 Å². The summed E-state index contributed by atoms with van der Waals surface area (Å²) in [7, 11) is -0.741. The fourth-order valence-electron chi connectivity index (χ4n) is 3.58. The third-order valence-electron chi connectivity index (χ3n) is 5.13. The molecule has 30 heavy (non-hydrogen) atoms. The van der Waals surface area contributed by atoms with Gasteiger partial charge in [-0.05, 0) is 56.5 Å². The maximum atomic E-state index is 13.1. The highest BCUT2D eigenvalue weighted by Gasteiger charge is 2.27. The molecule has 1 aliphatic rings. The minimum absolute atomic E-state index is 0.0481. The molecule has 0 spiro atoms. The zero-order chi connectivity index (χ0) is 21.9. The van der Waals surface area contributed by atoms with Crippen LogP contribution < -0.4 is 15.0 Å². The Labute approximate surface area is 178 Å². The second kappa shape index (κ2) is 9.06. The van der Waals surface area contributed by atoms with E-state index in [1.54, 1.807) is 26.0 Å². The molecule has 1 heterocycles. The predicted octanol–water partition coefficient (Wildman–Crippen LogP) is 3.12. The van der Waals surface area contributed by atoms with Gasteiger partial charge < -0.3 is 15.0 Å². The van der Waals surface area contributed by atoms with Gasteiger partial charge in [0.1, 0.15) is 16.7 Å².